The van der Waals surface area contributed by atoms with Gasteiger partial charge in [-0.1, -0.05) is 45.0 Å². The van der Waals surface area contributed by atoms with Crippen LogP contribution in [0.4, 0.5) is 5.69 Å². The number of para-hydroxylation sites is 1. The van der Waals surface area contributed by atoms with Crippen LogP contribution in [0.5, 0.6) is 5.75 Å². The van der Waals surface area contributed by atoms with Crippen LogP contribution < -0.4 is 20.7 Å². The van der Waals surface area contributed by atoms with Crippen LogP contribution in [0.3, 0.4) is 0 Å². The number of carbonyl (C=O) groups is 4. The number of ether oxygens (including phenoxy) is 5. The molecular weight excluding hydrogens is 847 g/mol. The number of methoxy groups -OCH3 is 1. The number of cyclic esters (lactones) is 1. The largest absolute Gasteiger partial charge is 0.462 e. The first-order chi connectivity index (χ1) is 30.7. The molecule has 2 saturated heterocycles. The number of fused-ring (bicyclic) bond motifs is 5. The zero-order valence-electron chi connectivity index (χ0n) is 35.8. The van der Waals surface area contributed by atoms with Crippen molar-refractivity contribution in [2.45, 2.75) is 102 Å². The molecule has 2 aromatic carbocycles. The van der Waals surface area contributed by atoms with Crippen LogP contribution in [0.2, 0.25) is 0 Å². The van der Waals surface area contributed by atoms with Crippen LogP contribution in [-0.2, 0) is 51.1 Å². The lowest BCUT2D eigenvalue weighted by Gasteiger charge is -2.44. The van der Waals surface area contributed by atoms with Crippen LogP contribution in [0.1, 0.15) is 57.1 Å². The van der Waals surface area contributed by atoms with Gasteiger partial charge in [-0.05, 0) is 79.0 Å². The molecule has 0 aliphatic carbocycles. The molecule has 0 radical (unpaired) electrons. The van der Waals surface area contributed by atoms with Crippen LogP contribution in [0.25, 0.3) is 10.9 Å². The van der Waals surface area contributed by atoms with E-state index in [1.165, 1.54) is 13.4 Å². The third-order valence-electron chi connectivity index (χ3n) is 12.3. The van der Waals surface area contributed by atoms with Crippen molar-refractivity contribution in [3.63, 3.8) is 0 Å². The minimum Gasteiger partial charge on any atom is -0.462 e. The van der Waals surface area contributed by atoms with Crippen LogP contribution in [0.15, 0.2) is 78.8 Å². The Labute approximate surface area is 374 Å². The third-order valence-corrected chi connectivity index (χ3v) is 12.5. The number of pyridine rings is 1. The summed E-state index contributed by atoms with van der Waals surface area (Å²) in [5.41, 5.74) is 1.89. The SMILES string of the molecule is CC[C@@]1(OC(=O)[C@H](NC(=O)[C@H](Cc2cnc[nH]2)NC(=S)Nc2ccc(O[C@H]3O[C@@H](C)[C@@H](O)[C@@H](OC)[C@@H]3O)cc2)C(C)C)C(=O)OCC2C(=O)N3Cc4cc5ccccc5nc4C3C=C21. The maximum atomic E-state index is 14.4. The molecule has 2 fully saturated rings. The molecule has 2 aromatic heterocycles. The number of hydrogen-bond acceptors (Lipinski definition) is 14. The summed E-state index contributed by atoms with van der Waals surface area (Å²) in [6.45, 7) is 6.94. The molecule has 0 saturated carbocycles. The van der Waals surface area contributed by atoms with Gasteiger partial charge in [0, 0.05) is 43.0 Å². The number of thiocarbonyl (C=S) groups is 1. The standard InChI is InChI=1S/C45H51N7O11S/c1-6-45(30-17-33-35-25(15-24-9-7-8-10-31(24)49-35)19-52(33)40(56)29(30)20-60-43(45)58)63-41(57)34(22(2)3)51-39(55)32(16-27-18-46-21-47-27)50-44(64)48-26-11-13-28(14-12-26)62-42-37(54)38(59-5)36(53)23(4)61-42/h7-15,17-18,21-23,29,32-34,36-38,42,53-54H,6,16,19-20H2,1-5H3,(H,46,47)(H,51,55)(H2,48,50,64)/t23-,29?,32-,33?,34+,36+,37-,38+,42+,45-/m0/s1. The lowest BCUT2D eigenvalue weighted by atomic mass is 9.76. The smallest absolute Gasteiger partial charge is 0.355 e. The Morgan fingerprint density at radius 2 is 1.86 bits per heavy atom. The van der Waals surface area contributed by atoms with Crippen molar-refractivity contribution in [3.05, 3.63) is 95.7 Å². The fraction of sp³-hybridized carbons (Fsp3) is 0.444. The maximum Gasteiger partial charge on any atom is 0.355 e. The number of anilines is 1. The monoisotopic (exact) mass is 897 g/mol. The zero-order chi connectivity index (χ0) is 45.4. The summed E-state index contributed by atoms with van der Waals surface area (Å²) in [4.78, 5) is 70.2. The molecule has 18 nitrogen and oxygen atoms in total. The fourth-order valence-corrected chi connectivity index (χ4v) is 9.00. The Bertz CT molecular complexity index is 2450. The summed E-state index contributed by atoms with van der Waals surface area (Å²) in [5.74, 6) is -3.56. The quantitative estimate of drug-likeness (QED) is 0.0643. The third kappa shape index (κ3) is 8.52. The lowest BCUT2D eigenvalue weighted by Crippen LogP contribution is -2.60. The van der Waals surface area contributed by atoms with E-state index in [1.807, 2.05) is 36.4 Å². The van der Waals surface area contributed by atoms with Crippen molar-refractivity contribution >= 4 is 57.7 Å². The van der Waals surface area contributed by atoms with Gasteiger partial charge in [0.1, 0.15) is 42.8 Å². The predicted molar refractivity (Wildman–Crippen MR) is 233 cm³/mol. The number of nitrogens with zero attached hydrogens (tertiary/aromatic N) is 3. The highest BCUT2D eigenvalue weighted by atomic mass is 32.1. The average Bonchev–Trinajstić information content (AvgIpc) is 3.93. The van der Waals surface area contributed by atoms with Gasteiger partial charge in [-0.15, -0.1) is 0 Å². The highest BCUT2D eigenvalue weighted by Gasteiger charge is 2.58. The van der Waals surface area contributed by atoms with Crippen LogP contribution in [0, 0.1) is 11.8 Å². The minimum atomic E-state index is -1.94. The first-order valence-corrected chi connectivity index (χ1v) is 21.6. The molecule has 10 atom stereocenters. The number of benzene rings is 2. The van der Waals surface area contributed by atoms with Crippen molar-refractivity contribution in [3.8, 4) is 5.75 Å². The summed E-state index contributed by atoms with van der Waals surface area (Å²) in [6, 6.07) is 13.4. The Hall–Kier alpha value is -5.99. The molecule has 8 rings (SSSR count). The summed E-state index contributed by atoms with van der Waals surface area (Å²) >= 11 is 5.63. The topological polar surface area (TPSA) is 236 Å². The van der Waals surface area contributed by atoms with E-state index in [0.29, 0.717) is 34.9 Å². The number of rotatable bonds is 13. The minimum absolute atomic E-state index is 0.0261. The summed E-state index contributed by atoms with van der Waals surface area (Å²) in [6.07, 6.45) is -0.0124. The van der Waals surface area contributed by atoms with E-state index >= 15 is 0 Å². The van der Waals surface area contributed by atoms with E-state index in [1.54, 1.807) is 63.1 Å². The van der Waals surface area contributed by atoms with Gasteiger partial charge >= 0.3 is 11.9 Å². The number of aliphatic hydroxyl groups excluding tert-OH is 2. The van der Waals surface area contributed by atoms with E-state index in [0.717, 1.165) is 16.5 Å². The van der Waals surface area contributed by atoms with Crippen LogP contribution >= 0.6 is 12.2 Å². The van der Waals surface area contributed by atoms with E-state index in [4.69, 9.17) is 40.9 Å². The number of aromatic amines is 1. The number of carbonyl (C=O) groups excluding carboxylic acids is 4. The molecule has 2 unspecified atom stereocenters. The van der Waals surface area contributed by atoms with Gasteiger partial charge in [0.15, 0.2) is 5.11 Å². The zero-order valence-corrected chi connectivity index (χ0v) is 36.7. The number of imidazole rings is 1. The highest BCUT2D eigenvalue weighted by Crippen LogP contribution is 2.47. The Morgan fingerprint density at radius 1 is 1.09 bits per heavy atom. The summed E-state index contributed by atoms with van der Waals surface area (Å²) < 4.78 is 28.6. The molecule has 19 heteroatoms. The molecule has 2 amide bonds. The Balaban J connectivity index is 0.972. The molecule has 338 valence electrons. The molecule has 0 spiro atoms. The number of H-pyrrole nitrogens is 1. The van der Waals surface area contributed by atoms with Crippen molar-refractivity contribution in [2.24, 2.45) is 11.8 Å². The second-order valence-electron chi connectivity index (χ2n) is 16.7. The van der Waals surface area contributed by atoms with E-state index in [-0.39, 0.29) is 30.5 Å². The molecule has 6 N–H and O–H groups in total. The predicted octanol–water partition coefficient (Wildman–Crippen LogP) is 2.75. The first-order valence-electron chi connectivity index (χ1n) is 21.2. The van der Waals surface area contributed by atoms with Crippen molar-refractivity contribution in [1.29, 1.82) is 0 Å². The van der Waals surface area contributed by atoms with E-state index < -0.39 is 84.1 Å². The number of aromatic nitrogens is 3. The fourth-order valence-electron chi connectivity index (χ4n) is 8.74. The van der Waals surface area contributed by atoms with Gasteiger partial charge < -0.3 is 59.7 Å². The van der Waals surface area contributed by atoms with Crippen LogP contribution in [-0.4, -0.2) is 121 Å². The number of amides is 2. The van der Waals surface area contributed by atoms with Gasteiger partial charge in [-0.25, -0.2) is 19.6 Å². The number of hydrogen-bond donors (Lipinski definition) is 6. The number of nitrogens with one attached hydrogen (secondary N) is 4. The van der Waals surface area contributed by atoms with E-state index in [9.17, 15) is 29.4 Å². The molecule has 64 heavy (non-hydrogen) atoms. The second-order valence-corrected chi connectivity index (χ2v) is 17.1. The normalized spacial score (nSPS) is 27.0. The summed E-state index contributed by atoms with van der Waals surface area (Å²) in [5, 5.41) is 30.9. The molecule has 4 aromatic rings. The molecule has 6 heterocycles. The van der Waals surface area contributed by atoms with E-state index in [2.05, 4.69) is 25.9 Å². The van der Waals surface area contributed by atoms with Gasteiger partial charge in [0.2, 0.25) is 23.7 Å². The summed E-state index contributed by atoms with van der Waals surface area (Å²) in [7, 11) is 1.39. The molecule has 0 bridgehead atoms. The van der Waals surface area contributed by atoms with Gasteiger partial charge in [0.05, 0.1) is 35.6 Å². The van der Waals surface area contributed by atoms with Gasteiger partial charge in [0.25, 0.3) is 0 Å². The van der Waals surface area contributed by atoms with Gasteiger partial charge in [-0.2, -0.15) is 0 Å². The first kappa shape index (κ1) is 44.6. The van der Waals surface area contributed by atoms with Crippen molar-refractivity contribution < 1.29 is 53.1 Å². The molecule has 4 aliphatic rings. The van der Waals surface area contributed by atoms with Crippen molar-refractivity contribution in [2.75, 3.05) is 19.0 Å². The number of esters is 2. The maximum absolute atomic E-state index is 14.4. The van der Waals surface area contributed by atoms with Crippen molar-refractivity contribution in [1.82, 2.24) is 30.5 Å². The molecule has 4 aliphatic heterocycles. The average molecular weight is 898 g/mol. The molecular formula is C45H51N7O11S. The highest BCUT2D eigenvalue weighted by molar-refractivity contribution is 7.80. The van der Waals surface area contributed by atoms with Gasteiger partial charge in [-0.3, -0.25) is 9.59 Å². The Morgan fingerprint density at radius 3 is 2.56 bits per heavy atom. The number of aliphatic hydroxyl groups is 2. The lowest BCUT2D eigenvalue weighted by molar-refractivity contribution is -0.272. The second kappa shape index (κ2) is 18.2. The Kier molecular flexibility index (Phi) is 12.7.